The molecule has 4 rings (SSSR count). The quantitative estimate of drug-likeness (QED) is 0.383. The minimum absolute atomic E-state index is 0.0354. The van der Waals surface area contributed by atoms with Crippen molar-refractivity contribution in [3.05, 3.63) is 98.5 Å². The summed E-state index contributed by atoms with van der Waals surface area (Å²) in [6.07, 6.45) is 1.45. The fraction of sp³-hybridized carbons (Fsp3) is 0.0435. The van der Waals surface area contributed by atoms with Gasteiger partial charge in [0.1, 0.15) is 17.9 Å². The molecule has 0 aliphatic carbocycles. The Morgan fingerprint density at radius 1 is 0.903 bits per heavy atom. The van der Waals surface area contributed by atoms with E-state index in [1.165, 1.54) is 11.1 Å². The highest BCUT2D eigenvalue weighted by atomic mass is 35.5. The highest BCUT2D eigenvalue weighted by Gasteiger charge is 2.34. The van der Waals surface area contributed by atoms with E-state index in [1.54, 1.807) is 60.7 Å². The Hall–Kier alpha value is -2.99. The van der Waals surface area contributed by atoms with Gasteiger partial charge in [-0.3, -0.25) is 15.0 Å². The SMILES string of the molecule is O=C1NN(c2ccccc2)C(=O)/C1=C/c1cc(Cl)ccc1OCc1c(Cl)cccc1Cl. The number of nitrogens with one attached hydrogen (secondary N) is 1. The maximum atomic E-state index is 12.9. The summed E-state index contributed by atoms with van der Waals surface area (Å²) in [5.41, 5.74) is 4.19. The van der Waals surface area contributed by atoms with Crippen molar-refractivity contribution in [2.75, 3.05) is 5.01 Å². The van der Waals surface area contributed by atoms with Gasteiger partial charge in [0, 0.05) is 26.2 Å². The average molecular weight is 474 g/mol. The van der Waals surface area contributed by atoms with Gasteiger partial charge in [-0.05, 0) is 48.5 Å². The normalized spacial score (nSPS) is 14.8. The van der Waals surface area contributed by atoms with Gasteiger partial charge < -0.3 is 4.74 Å². The van der Waals surface area contributed by atoms with E-state index in [0.29, 0.717) is 37.6 Å². The van der Waals surface area contributed by atoms with Crippen LogP contribution >= 0.6 is 34.8 Å². The molecule has 3 aromatic carbocycles. The summed E-state index contributed by atoms with van der Waals surface area (Å²) < 4.78 is 5.90. The lowest BCUT2D eigenvalue weighted by atomic mass is 10.1. The van der Waals surface area contributed by atoms with Crippen LogP contribution in [0.5, 0.6) is 5.75 Å². The van der Waals surface area contributed by atoms with Crippen molar-refractivity contribution in [2.24, 2.45) is 0 Å². The number of hydrogen-bond acceptors (Lipinski definition) is 3. The van der Waals surface area contributed by atoms with Crippen LogP contribution in [-0.2, 0) is 16.2 Å². The van der Waals surface area contributed by atoms with Gasteiger partial charge in [-0.2, -0.15) is 0 Å². The molecular formula is C23H15Cl3N2O3. The number of anilines is 1. The minimum atomic E-state index is -0.520. The topological polar surface area (TPSA) is 58.6 Å². The van der Waals surface area contributed by atoms with Crippen molar-refractivity contribution in [2.45, 2.75) is 6.61 Å². The number of benzene rings is 3. The number of hydrazine groups is 1. The lowest BCUT2D eigenvalue weighted by Crippen LogP contribution is -2.35. The molecule has 0 atom stereocenters. The minimum Gasteiger partial charge on any atom is -0.488 e. The number of halogens is 3. The van der Waals surface area contributed by atoms with E-state index < -0.39 is 11.8 Å². The number of para-hydroxylation sites is 1. The van der Waals surface area contributed by atoms with E-state index in [0.717, 1.165) is 0 Å². The lowest BCUT2D eigenvalue weighted by Gasteiger charge is -2.14. The molecule has 0 spiro atoms. The molecule has 8 heteroatoms. The summed E-state index contributed by atoms with van der Waals surface area (Å²) in [6.45, 7) is 0.104. The van der Waals surface area contributed by atoms with E-state index in [9.17, 15) is 9.59 Å². The van der Waals surface area contributed by atoms with Crippen LogP contribution in [0.2, 0.25) is 15.1 Å². The Labute approximate surface area is 193 Å². The Bertz CT molecular complexity index is 1180. The molecule has 1 aliphatic rings. The van der Waals surface area contributed by atoms with Crippen molar-refractivity contribution >= 4 is 58.4 Å². The largest absolute Gasteiger partial charge is 0.488 e. The molecule has 31 heavy (non-hydrogen) atoms. The molecule has 0 aromatic heterocycles. The molecular weight excluding hydrogens is 459 g/mol. The predicted octanol–water partition coefficient (Wildman–Crippen LogP) is 5.69. The van der Waals surface area contributed by atoms with Crippen molar-refractivity contribution in [3.63, 3.8) is 0 Å². The van der Waals surface area contributed by atoms with Gasteiger partial charge in [-0.15, -0.1) is 0 Å². The first-order valence-electron chi connectivity index (χ1n) is 9.21. The second kappa shape index (κ2) is 9.02. The summed E-state index contributed by atoms with van der Waals surface area (Å²) in [5, 5.41) is 2.58. The van der Waals surface area contributed by atoms with Crippen LogP contribution in [0.3, 0.4) is 0 Å². The maximum Gasteiger partial charge on any atom is 0.282 e. The van der Waals surface area contributed by atoms with Gasteiger partial charge in [0.2, 0.25) is 0 Å². The third-order valence-corrected chi connectivity index (χ3v) is 5.55. The van der Waals surface area contributed by atoms with Gasteiger partial charge >= 0.3 is 0 Å². The predicted molar refractivity (Wildman–Crippen MR) is 122 cm³/mol. The van der Waals surface area contributed by atoms with Crippen LogP contribution in [0.1, 0.15) is 11.1 Å². The number of carbonyl (C=O) groups is 2. The summed E-state index contributed by atoms with van der Waals surface area (Å²) in [5.74, 6) is -0.572. The molecule has 5 nitrogen and oxygen atoms in total. The van der Waals surface area contributed by atoms with Gasteiger partial charge in [0.25, 0.3) is 11.8 Å². The van der Waals surface area contributed by atoms with Crippen LogP contribution < -0.4 is 15.2 Å². The van der Waals surface area contributed by atoms with Crippen molar-refractivity contribution in [1.82, 2.24) is 5.43 Å². The first kappa shape index (κ1) is 21.2. The van der Waals surface area contributed by atoms with Crippen LogP contribution in [-0.4, -0.2) is 11.8 Å². The van der Waals surface area contributed by atoms with Gasteiger partial charge in [-0.25, -0.2) is 5.01 Å². The fourth-order valence-corrected chi connectivity index (χ4v) is 3.74. The van der Waals surface area contributed by atoms with Gasteiger partial charge in [-0.1, -0.05) is 59.1 Å². The van der Waals surface area contributed by atoms with E-state index in [1.807, 2.05) is 6.07 Å². The molecule has 0 bridgehead atoms. The molecule has 1 saturated heterocycles. The van der Waals surface area contributed by atoms with E-state index >= 15 is 0 Å². The highest BCUT2D eigenvalue weighted by Crippen LogP contribution is 2.30. The Morgan fingerprint density at radius 3 is 2.32 bits per heavy atom. The summed E-state index contributed by atoms with van der Waals surface area (Å²) >= 11 is 18.6. The van der Waals surface area contributed by atoms with Crippen LogP contribution in [0.25, 0.3) is 6.08 Å². The molecule has 156 valence electrons. The third kappa shape index (κ3) is 4.54. The first-order valence-corrected chi connectivity index (χ1v) is 10.3. The molecule has 0 unspecified atom stereocenters. The molecule has 1 heterocycles. The van der Waals surface area contributed by atoms with E-state index in [4.69, 9.17) is 39.5 Å². The average Bonchev–Trinajstić information content (AvgIpc) is 3.03. The monoisotopic (exact) mass is 472 g/mol. The number of carbonyl (C=O) groups excluding carboxylic acids is 2. The summed E-state index contributed by atoms with van der Waals surface area (Å²) in [6, 6.07) is 18.9. The molecule has 1 aliphatic heterocycles. The van der Waals surface area contributed by atoms with E-state index in [-0.39, 0.29) is 12.2 Å². The molecule has 0 saturated carbocycles. The second-order valence-electron chi connectivity index (χ2n) is 6.65. The fourth-order valence-electron chi connectivity index (χ4n) is 3.06. The molecule has 2 amide bonds. The van der Waals surface area contributed by atoms with Crippen molar-refractivity contribution < 1.29 is 14.3 Å². The van der Waals surface area contributed by atoms with Crippen LogP contribution in [0.15, 0.2) is 72.3 Å². The standard InChI is InChI=1S/C23H15Cl3N2O3/c24-15-9-10-21(31-13-18-19(25)7-4-8-20(18)26)14(11-15)12-17-22(29)27-28(23(17)30)16-5-2-1-3-6-16/h1-12H,13H2,(H,27,29)/b17-12+. The Balaban J connectivity index is 1.64. The zero-order chi connectivity index (χ0) is 22.0. The Morgan fingerprint density at radius 2 is 1.61 bits per heavy atom. The van der Waals surface area contributed by atoms with Crippen LogP contribution in [0, 0.1) is 0 Å². The highest BCUT2D eigenvalue weighted by molar-refractivity contribution is 6.36. The van der Waals surface area contributed by atoms with Crippen LogP contribution in [0.4, 0.5) is 5.69 Å². The number of rotatable bonds is 5. The second-order valence-corrected chi connectivity index (χ2v) is 7.90. The van der Waals surface area contributed by atoms with Gasteiger partial charge in [0.05, 0.1) is 5.69 Å². The molecule has 1 N–H and O–H groups in total. The maximum absolute atomic E-state index is 12.9. The number of nitrogens with zero attached hydrogens (tertiary/aromatic N) is 1. The Kier molecular flexibility index (Phi) is 6.18. The molecule has 3 aromatic rings. The number of ether oxygens (including phenoxy) is 1. The number of hydrogen-bond donors (Lipinski definition) is 1. The van der Waals surface area contributed by atoms with Crippen molar-refractivity contribution in [3.8, 4) is 5.75 Å². The zero-order valence-electron chi connectivity index (χ0n) is 15.9. The lowest BCUT2D eigenvalue weighted by molar-refractivity contribution is -0.117. The zero-order valence-corrected chi connectivity index (χ0v) is 18.2. The summed E-state index contributed by atoms with van der Waals surface area (Å²) in [7, 11) is 0. The number of amides is 2. The molecule has 0 radical (unpaired) electrons. The van der Waals surface area contributed by atoms with Gasteiger partial charge in [0.15, 0.2) is 0 Å². The van der Waals surface area contributed by atoms with Crippen molar-refractivity contribution in [1.29, 1.82) is 0 Å². The molecule has 1 fully saturated rings. The smallest absolute Gasteiger partial charge is 0.282 e. The third-order valence-electron chi connectivity index (χ3n) is 4.61. The summed E-state index contributed by atoms with van der Waals surface area (Å²) in [4.78, 5) is 25.3. The van der Waals surface area contributed by atoms with E-state index in [2.05, 4.69) is 5.43 Å². The first-order chi connectivity index (χ1) is 14.9.